The second-order valence-electron chi connectivity index (χ2n) is 7.15. The summed E-state index contributed by atoms with van der Waals surface area (Å²) in [6.07, 6.45) is 4.17. The maximum Gasteiger partial charge on any atom is 0.0356 e. The Labute approximate surface area is 131 Å². The summed E-state index contributed by atoms with van der Waals surface area (Å²) in [6.45, 7) is 17.3. The van der Waals surface area contributed by atoms with Crippen LogP contribution in [-0.4, -0.2) is 6.54 Å². The van der Waals surface area contributed by atoms with Crippen LogP contribution in [0.5, 0.6) is 0 Å². The molecule has 3 atom stereocenters. The van der Waals surface area contributed by atoms with Gasteiger partial charge in [0.1, 0.15) is 0 Å². The Morgan fingerprint density at radius 1 is 0.905 bits per heavy atom. The van der Waals surface area contributed by atoms with Gasteiger partial charge in [0.25, 0.3) is 0 Å². The lowest BCUT2D eigenvalue weighted by Crippen LogP contribution is -2.31. The Hall–Kier alpha value is -0.820. The first kappa shape index (κ1) is 16.5. The summed E-state index contributed by atoms with van der Waals surface area (Å²) in [4.78, 5) is 0. The van der Waals surface area contributed by atoms with Gasteiger partial charge < -0.3 is 5.32 Å². The lowest BCUT2D eigenvalue weighted by Gasteiger charge is -2.32. The summed E-state index contributed by atoms with van der Waals surface area (Å²) in [5.74, 6) is 1.64. The fraction of sp³-hybridized carbons (Fsp3) is 0.700. The second kappa shape index (κ2) is 6.52. The van der Waals surface area contributed by atoms with Crippen LogP contribution >= 0.6 is 0 Å². The predicted molar refractivity (Wildman–Crippen MR) is 93.0 cm³/mol. The van der Waals surface area contributed by atoms with Crippen LogP contribution in [0.3, 0.4) is 0 Å². The van der Waals surface area contributed by atoms with Crippen molar-refractivity contribution < 1.29 is 0 Å². The molecular formula is C20H33N. The summed E-state index contributed by atoms with van der Waals surface area (Å²) in [5.41, 5.74) is 9.07. The largest absolute Gasteiger partial charge is 0.310 e. The van der Waals surface area contributed by atoms with E-state index in [1.807, 2.05) is 0 Å². The van der Waals surface area contributed by atoms with Crippen LogP contribution < -0.4 is 5.32 Å². The van der Waals surface area contributed by atoms with Crippen molar-refractivity contribution in [2.75, 3.05) is 6.54 Å². The third-order valence-electron chi connectivity index (χ3n) is 6.15. The Kier molecular flexibility index (Phi) is 5.14. The summed E-state index contributed by atoms with van der Waals surface area (Å²) < 4.78 is 0. The standard InChI is InChI=1S/C20H33N/c1-8-21-20(18-11-9-10-12(18)2)19-16(6)14(4)13(3)15(5)17(19)7/h12,18,20-21H,8-11H2,1-7H3. The topological polar surface area (TPSA) is 12.0 Å². The average Bonchev–Trinajstić information content (AvgIpc) is 2.88. The Bertz CT molecular complexity index is 486. The summed E-state index contributed by atoms with van der Waals surface area (Å²) in [5, 5.41) is 3.83. The Morgan fingerprint density at radius 2 is 1.43 bits per heavy atom. The minimum atomic E-state index is 0.533. The van der Waals surface area contributed by atoms with Crippen molar-refractivity contribution >= 4 is 0 Å². The molecule has 1 heteroatoms. The van der Waals surface area contributed by atoms with Gasteiger partial charge in [-0.3, -0.25) is 0 Å². The van der Waals surface area contributed by atoms with Crippen LogP contribution in [0, 0.1) is 46.5 Å². The lowest BCUT2D eigenvalue weighted by molar-refractivity contribution is 0.304. The van der Waals surface area contributed by atoms with E-state index < -0.39 is 0 Å². The molecule has 0 heterocycles. The molecule has 1 aliphatic rings. The van der Waals surface area contributed by atoms with E-state index in [2.05, 4.69) is 53.8 Å². The van der Waals surface area contributed by atoms with Crippen molar-refractivity contribution in [2.45, 2.75) is 73.8 Å². The van der Waals surface area contributed by atoms with Gasteiger partial charge in [-0.2, -0.15) is 0 Å². The van der Waals surface area contributed by atoms with E-state index in [0.29, 0.717) is 6.04 Å². The van der Waals surface area contributed by atoms with E-state index >= 15 is 0 Å². The molecule has 1 aromatic rings. The van der Waals surface area contributed by atoms with Gasteiger partial charge in [-0.15, -0.1) is 0 Å². The number of hydrogen-bond donors (Lipinski definition) is 1. The molecule has 1 fully saturated rings. The van der Waals surface area contributed by atoms with Crippen molar-refractivity contribution in [1.29, 1.82) is 0 Å². The summed E-state index contributed by atoms with van der Waals surface area (Å²) >= 11 is 0. The van der Waals surface area contributed by atoms with Crippen LogP contribution in [0.15, 0.2) is 0 Å². The van der Waals surface area contributed by atoms with Crippen LogP contribution in [0.1, 0.15) is 72.5 Å². The molecule has 0 spiro atoms. The molecule has 0 radical (unpaired) electrons. The molecule has 0 aromatic heterocycles. The van der Waals surface area contributed by atoms with E-state index in [0.717, 1.165) is 18.4 Å². The fourth-order valence-corrected chi connectivity index (χ4v) is 4.35. The molecule has 1 aliphatic carbocycles. The zero-order valence-electron chi connectivity index (χ0n) is 15.1. The molecule has 0 aliphatic heterocycles. The normalized spacial score (nSPS) is 23.6. The van der Waals surface area contributed by atoms with E-state index in [-0.39, 0.29) is 0 Å². The first-order valence-corrected chi connectivity index (χ1v) is 8.70. The van der Waals surface area contributed by atoms with Crippen molar-refractivity contribution in [3.05, 3.63) is 33.4 Å². The van der Waals surface area contributed by atoms with Crippen LogP contribution in [0.4, 0.5) is 0 Å². The number of rotatable bonds is 4. The van der Waals surface area contributed by atoms with Gasteiger partial charge in [-0.1, -0.05) is 26.7 Å². The van der Waals surface area contributed by atoms with Crippen molar-refractivity contribution in [1.82, 2.24) is 5.32 Å². The first-order chi connectivity index (χ1) is 9.90. The summed E-state index contributed by atoms with van der Waals surface area (Å²) in [7, 11) is 0. The van der Waals surface area contributed by atoms with Gasteiger partial charge >= 0.3 is 0 Å². The Morgan fingerprint density at radius 3 is 1.86 bits per heavy atom. The Balaban J connectivity index is 2.55. The van der Waals surface area contributed by atoms with Gasteiger partial charge in [0.05, 0.1) is 0 Å². The third kappa shape index (κ3) is 2.90. The maximum absolute atomic E-state index is 3.83. The molecule has 21 heavy (non-hydrogen) atoms. The average molecular weight is 287 g/mol. The van der Waals surface area contributed by atoms with Crippen LogP contribution in [-0.2, 0) is 0 Å². The zero-order chi connectivity index (χ0) is 15.7. The number of hydrogen-bond acceptors (Lipinski definition) is 1. The smallest absolute Gasteiger partial charge is 0.0356 e. The highest BCUT2D eigenvalue weighted by molar-refractivity contribution is 5.51. The van der Waals surface area contributed by atoms with Gasteiger partial charge in [0, 0.05) is 6.04 Å². The molecule has 0 bridgehead atoms. The second-order valence-corrected chi connectivity index (χ2v) is 7.15. The van der Waals surface area contributed by atoms with E-state index in [9.17, 15) is 0 Å². The molecule has 1 saturated carbocycles. The highest BCUT2D eigenvalue weighted by Gasteiger charge is 2.33. The molecule has 1 N–H and O–H groups in total. The molecule has 0 saturated heterocycles. The predicted octanol–water partition coefficient (Wildman–Crippen LogP) is 5.32. The van der Waals surface area contributed by atoms with Gasteiger partial charge in [-0.05, 0) is 92.8 Å². The highest BCUT2D eigenvalue weighted by atomic mass is 14.9. The van der Waals surface area contributed by atoms with E-state index in [4.69, 9.17) is 0 Å². The molecule has 3 unspecified atom stereocenters. The molecular weight excluding hydrogens is 254 g/mol. The number of benzene rings is 1. The van der Waals surface area contributed by atoms with Crippen LogP contribution in [0.2, 0.25) is 0 Å². The monoisotopic (exact) mass is 287 g/mol. The highest BCUT2D eigenvalue weighted by Crippen LogP contribution is 2.43. The van der Waals surface area contributed by atoms with Crippen molar-refractivity contribution in [3.8, 4) is 0 Å². The lowest BCUT2D eigenvalue weighted by atomic mass is 9.79. The van der Waals surface area contributed by atoms with E-state index in [1.54, 1.807) is 5.56 Å². The molecule has 0 amide bonds. The first-order valence-electron chi connectivity index (χ1n) is 8.70. The van der Waals surface area contributed by atoms with Gasteiger partial charge in [0.15, 0.2) is 0 Å². The van der Waals surface area contributed by atoms with Crippen molar-refractivity contribution in [2.24, 2.45) is 11.8 Å². The maximum atomic E-state index is 3.83. The van der Waals surface area contributed by atoms with E-state index in [1.165, 1.54) is 47.1 Å². The SMILES string of the molecule is CCNC(c1c(C)c(C)c(C)c(C)c1C)C1CCCC1C. The molecule has 1 aromatic carbocycles. The van der Waals surface area contributed by atoms with Gasteiger partial charge in [0.2, 0.25) is 0 Å². The van der Waals surface area contributed by atoms with Crippen molar-refractivity contribution in [3.63, 3.8) is 0 Å². The number of nitrogens with one attached hydrogen (secondary N) is 1. The van der Waals surface area contributed by atoms with Gasteiger partial charge in [-0.25, -0.2) is 0 Å². The fourth-order valence-electron chi connectivity index (χ4n) is 4.35. The molecule has 118 valence electrons. The molecule has 2 rings (SSSR count). The quantitative estimate of drug-likeness (QED) is 0.790. The zero-order valence-corrected chi connectivity index (χ0v) is 15.1. The summed E-state index contributed by atoms with van der Waals surface area (Å²) in [6, 6.07) is 0.533. The molecule has 1 nitrogen and oxygen atoms in total. The third-order valence-corrected chi connectivity index (χ3v) is 6.15. The van der Waals surface area contributed by atoms with Crippen LogP contribution in [0.25, 0.3) is 0 Å². The minimum Gasteiger partial charge on any atom is -0.310 e. The minimum absolute atomic E-state index is 0.533.